The predicted octanol–water partition coefficient (Wildman–Crippen LogP) is 1.02. The van der Waals surface area contributed by atoms with E-state index in [4.69, 9.17) is 5.11 Å². The van der Waals surface area contributed by atoms with Crippen LogP contribution in [-0.4, -0.2) is 82.1 Å². The Morgan fingerprint density at radius 3 is 2.52 bits per heavy atom. The summed E-state index contributed by atoms with van der Waals surface area (Å²) in [5.74, 6) is -0.921. The van der Waals surface area contributed by atoms with E-state index in [2.05, 4.69) is 5.32 Å². The van der Waals surface area contributed by atoms with Crippen LogP contribution in [0.3, 0.4) is 0 Å². The molecule has 10 heteroatoms. The molecule has 144 valence electrons. The molecule has 0 bridgehead atoms. The Kier molecular flexibility index (Phi) is 6.15. The van der Waals surface area contributed by atoms with Gasteiger partial charge in [-0.1, -0.05) is 6.92 Å². The maximum atomic E-state index is 12.7. The van der Waals surface area contributed by atoms with E-state index in [1.807, 2.05) is 6.92 Å². The van der Waals surface area contributed by atoms with E-state index in [0.29, 0.717) is 25.8 Å². The van der Waals surface area contributed by atoms with Crippen LogP contribution in [0.25, 0.3) is 0 Å². The Bertz CT molecular complexity index is 497. The quantitative estimate of drug-likeness (QED) is 0.652. The van der Waals surface area contributed by atoms with E-state index in [1.165, 1.54) is 0 Å². The Morgan fingerprint density at radius 2 is 2.00 bits per heavy atom. The number of aliphatic hydroxyl groups excluding tert-OH is 1. The molecule has 0 aromatic heterocycles. The number of carboxylic acid groups (broad SMARTS) is 1. The average molecular weight is 367 g/mol. The lowest BCUT2D eigenvalue weighted by Crippen LogP contribution is -2.58. The molecule has 0 spiro atoms. The molecular formula is C15H24F3N3O4. The number of hydrogen-bond donors (Lipinski definition) is 3. The van der Waals surface area contributed by atoms with Gasteiger partial charge < -0.3 is 20.4 Å². The standard InChI is InChI=1S/C15H24F3N3O4/c1-2-20(8-12(22)23)10-6-9(7-10)19-14(25)21-5-3-4-11(21)13(24)15(16,17)18/h9-11,13,24H,2-8H2,1H3,(H,19,25)(H,22,23). The summed E-state index contributed by atoms with van der Waals surface area (Å²) in [5, 5.41) is 21.0. The smallest absolute Gasteiger partial charge is 0.416 e. The topological polar surface area (TPSA) is 93.1 Å². The summed E-state index contributed by atoms with van der Waals surface area (Å²) in [4.78, 5) is 25.9. The van der Waals surface area contributed by atoms with Crippen molar-refractivity contribution in [3.63, 3.8) is 0 Å². The fraction of sp³-hybridized carbons (Fsp3) is 0.867. The number of halogens is 3. The minimum Gasteiger partial charge on any atom is -0.480 e. The SMILES string of the molecule is CCN(CC(=O)O)C1CC(NC(=O)N2CCCC2C(O)C(F)(F)F)C1. The normalized spacial score (nSPS) is 27.9. The van der Waals surface area contributed by atoms with E-state index >= 15 is 0 Å². The summed E-state index contributed by atoms with van der Waals surface area (Å²) < 4.78 is 38.1. The van der Waals surface area contributed by atoms with Crippen LogP contribution < -0.4 is 5.32 Å². The molecule has 2 amide bonds. The first-order valence-electron chi connectivity index (χ1n) is 8.41. The van der Waals surface area contributed by atoms with Crippen molar-refractivity contribution < 1.29 is 33.0 Å². The Morgan fingerprint density at radius 1 is 1.36 bits per heavy atom. The number of amides is 2. The van der Waals surface area contributed by atoms with Crippen LogP contribution in [0.1, 0.15) is 32.6 Å². The van der Waals surface area contributed by atoms with Gasteiger partial charge in [0, 0.05) is 18.6 Å². The van der Waals surface area contributed by atoms with Crippen LogP contribution in [0, 0.1) is 0 Å². The van der Waals surface area contributed by atoms with Gasteiger partial charge in [0.15, 0.2) is 6.10 Å². The van der Waals surface area contributed by atoms with Crippen LogP contribution in [0.5, 0.6) is 0 Å². The highest BCUT2D eigenvalue weighted by atomic mass is 19.4. The number of rotatable bonds is 6. The van der Waals surface area contributed by atoms with E-state index in [1.54, 1.807) is 4.90 Å². The van der Waals surface area contributed by atoms with Gasteiger partial charge in [0.25, 0.3) is 0 Å². The number of urea groups is 1. The Hall–Kier alpha value is -1.55. The van der Waals surface area contributed by atoms with Crippen molar-refractivity contribution in [2.45, 2.75) is 63.0 Å². The number of likely N-dealkylation sites (tertiary alicyclic amines) is 1. The molecular weight excluding hydrogens is 343 g/mol. The van der Waals surface area contributed by atoms with Crippen LogP contribution >= 0.6 is 0 Å². The van der Waals surface area contributed by atoms with Gasteiger partial charge in [-0.15, -0.1) is 0 Å². The highest BCUT2D eigenvalue weighted by Gasteiger charge is 2.48. The zero-order valence-electron chi connectivity index (χ0n) is 14.0. The van der Waals surface area contributed by atoms with Crippen molar-refractivity contribution in [1.29, 1.82) is 0 Å². The fourth-order valence-corrected chi connectivity index (χ4v) is 3.53. The number of alkyl halides is 3. The Labute approximate surface area is 143 Å². The number of nitrogens with one attached hydrogen (secondary N) is 1. The second-order valence-corrected chi connectivity index (χ2v) is 6.62. The number of carbonyl (C=O) groups excluding carboxylic acids is 1. The second-order valence-electron chi connectivity index (χ2n) is 6.62. The van der Waals surface area contributed by atoms with Crippen LogP contribution in [0.4, 0.5) is 18.0 Å². The molecule has 1 saturated carbocycles. The highest BCUT2D eigenvalue weighted by Crippen LogP contribution is 2.31. The lowest BCUT2D eigenvalue weighted by atomic mass is 9.85. The maximum Gasteiger partial charge on any atom is 0.416 e. The molecule has 2 aliphatic rings. The molecule has 2 rings (SSSR count). The number of aliphatic hydroxyl groups is 1. The molecule has 2 atom stereocenters. The van der Waals surface area contributed by atoms with Gasteiger partial charge in [-0.05, 0) is 32.2 Å². The molecule has 0 aromatic rings. The van der Waals surface area contributed by atoms with Crippen molar-refractivity contribution in [2.75, 3.05) is 19.6 Å². The monoisotopic (exact) mass is 367 g/mol. The zero-order valence-corrected chi connectivity index (χ0v) is 14.0. The molecule has 1 aliphatic heterocycles. The first-order chi connectivity index (χ1) is 11.6. The van der Waals surface area contributed by atoms with Crippen molar-refractivity contribution >= 4 is 12.0 Å². The molecule has 1 aliphatic carbocycles. The predicted molar refractivity (Wildman–Crippen MR) is 82.0 cm³/mol. The van der Waals surface area contributed by atoms with Gasteiger partial charge in [-0.2, -0.15) is 13.2 Å². The first-order valence-corrected chi connectivity index (χ1v) is 8.41. The maximum absolute atomic E-state index is 12.7. The third kappa shape index (κ3) is 4.75. The fourth-order valence-electron chi connectivity index (χ4n) is 3.53. The molecule has 0 aromatic carbocycles. The van der Waals surface area contributed by atoms with Crippen molar-refractivity contribution in [3.05, 3.63) is 0 Å². The summed E-state index contributed by atoms with van der Waals surface area (Å²) in [6.45, 7) is 2.53. The van der Waals surface area contributed by atoms with Gasteiger partial charge in [0.05, 0.1) is 12.6 Å². The molecule has 7 nitrogen and oxygen atoms in total. The minimum absolute atomic E-state index is 0.0431. The highest BCUT2D eigenvalue weighted by molar-refractivity contribution is 5.75. The zero-order chi connectivity index (χ0) is 18.8. The summed E-state index contributed by atoms with van der Waals surface area (Å²) >= 11 is 0. The van der Waals surface area contributed by atoms with Gasteiger partial charge in [0.1, 0.15) is 0 Å². The molecule has 3 N–H and O–H groups in total. The van der Waals surface area contributed by atoms with Gasteiger partial charge >= 0.3 is 18.2 Å². The van der Waals surface area contributed by atoms with Crippen molar-refractivity contribution in [1.82, 2.24) is 15.1 Å². The first kappa shape index (κ1) is 19.8. The van der Waals surface area contributed by atoms with Gasteiger partial charge in [-0.25, -0.2) is 4.79 Å². The second kappa shape index (κ2) is 7.77. The number of carboxylic acids is 1. The van der Waals surface area contributed by atoms with E-state index in [-0.39, 0.29) is 31.6 Å². The molecule has 2 fully saturated rings. The molecule has 25 heavy (non-hydrogen) atoms. The van der Waals surface area contributed by atoms with Crippen LogP contribution in [0.2, 0.25) is 0 Å². The van der Waals surface area contributed by atoms with E-state index in [9.17, 15) is 27.9 Å². The number of hydrogen-bond acceptors (Lipinski definition) is 4. The third-order valence-corrected chi connectivity index (χ3v) is 4.96. The summed E-state index contributed by atoms with van der Waals surface area (Å²) in [5.41, 5.74) is 0. The summed E-state index contributed by atoms with van der Waals surface area (Å²) in [6.07, 6.45) is -5.64. The van der Waals surface area contributed by atoms with Gasteiger partial charge in [-0.3, -0.25) is 9.69 Å². The molecule has 0 radical (unpaired) electrons. The van der Waals surface area contributed by atoms with Gasteiger partial charge in [0.2, 0.25) is 0 Å². The van der Waals surface area contributed by atoms with Crippen LogP contribution in [0.15, 0.2) is 0 Å². The number of carbonyl (C=O) groups is 2. The molecule has 1 saturated heterocycles. The van der Waals surface area contributed by atoms with E-state index in [0.717, 1.165) is 4.90 Å². The molecule has 2 unspecified atom stereocenters. The van der Waals surface area contributed by atoms with Crippen molar-refractivity contribution in [2.24, 2.45) is 0 Å². The number of nitrogens with zero attached hydrogens (tertiary/aromatic N) is 2. The molecule has 1 heterocycles. The minimum atomic E-state index is -4.76. The van der Waals surface area contributed by atoms with Crippen LogP contribution in [-0.2, 0) is 4.79 Å². The van der Waals surface area contributed by atoms with Crippen molar-refractivity contribution in [3.8, 4) is 0 Å². The summed E-state index contributed by atoms with van der Waals surface area (Å²) in [6, 6.07) is -2.00. The lowest BCUT2D eigenvalue weighted by molar-refractivity contribution is -0.216. The summed E-state index contributed by atoms with van der Waals surface area (Å²) in [7, 11) is 0. The Balaban J connectivity index is 1.84. The van der Waals surface area contributed by atoms with E-state index < -0.39 is 30.3 Å². The third-order valence-electron chi connectivity index (χ3n) is 4.96. The number of likely N-dealkylation sites (N-methyl/N-ethyl adjacent to an activating group) is 1. The number of aliphatic carboxylic acids is 1. The average Bonchev–Trinajstić information content (AvgIpc) is 2.95. The lowest BCUT2D eigenvalue weighted by Gasteiger charge is -2.43. The largest absolute Gasteiger partial charge is 0.480 e.